The van der Waals surface area contributed by atoms with E-state index in [1.165, 1.54) is 25.9 Å². The van der Waals surface area contributed by atoms with Crippen molar-refractivity contribution in [3.05, 3.63) is 71.2 Å². The van der Waals surface area contributed by atoms with Crippen molar-refractivity contribution in [1.29, 1.82) is 0 Å². The van der Waals surface area contributed by atoms with Gasteiger partial charge in [0.25, 0.3) is 0 Å². The molecule has 16 heteroatoms. The van der Waals surface area contributed by atoms with Gasteiger partial charge in [0.2, 0.25) is 20.0 Å². The van der Waals surface area contributed by atoms with Crippen molar-refractivity contribution in [2.24, 2.45) is 0 Å². The quantitative estimate of drug-likeness (QED) is 0.275. The highest BCUT2D eigenvalue weighted by atomic mass is 35.5. The molecule has 2 aromatic heterocycles. The standard InChI is InChI=1S/C19H24ClN3O4S.C14H16ClN3O2S/c1-19(2,3)27-18(24)22(4)14-8-9-23(12-14)28(25,26)16-7-5-6-13-10-21-11-15(20)17(13)16;1-16-11-5-6-18(9-11)21(19,20)13-4-2-3-10-7-17-8-12(15)14(10)13/h5-7,10-11,14H,8-9,12H2,1-4H3;2-4,7-8,11,16H,5-6,9H2,1H3/t14-;11-/m11/s1. The first-order valence-electron chi connectivity index (χ1n) is 15.7. The van der Waals surface area contributed by atoms with Crippen LogP contribution in [0.2, 0.25) is 10.0 Å². The van der Waals surface area contributed by atoms with Crippen molar-refractivity contribution in [1.82, 2.24) is 28.8 Å². The Morgan fingerprint density at radius 3 is 1.80 bits per heavy atom. The van der Waals surface area contributed by atoms with Gasteiger partial charge in [-0.3, -0.25) is 9.97 Å². The average molecular weight is 752 g/mol. The number of nitrogens with zero attached hydrogens (tertiary/aromatic N) is 5. The second-order valence-electron chi connectivity index (χ2n) is 13.0. The Kier molecular flexibility index (Phi) is 11.1. The zero-order valence-electron chi connectivity index (χ0n) is 27.9. The number of nitrogens with one attached hydrogen (secondary N) is 1. The number of fused-ring (bicyclic) bond motifs is 2. The Hall–Kier alpha value is -3.11. The Labute approximate surface area is 297 Å². The summed E-state index contributed by atoms with van der Waals surface area (Å²) in [6, 6.07) is 10.1. The lowest BCUT2D eigenvalue weighted by Gasteiger charge is -2.28. The minimum Gasteiger partial charge on any atom is -0.444 e. The maximum atomic E-state index is 13.3. The summed E-state index contributed by atoms with van der Waals surface area (Å²) in [6.07, 6.45) is 7.01. The highest BCUT2D eigenvalue weighted by Gasteiger charge is 2.38. The summed E-state index contributed by atoms with van der Waals surface area (Å²) in [4.78, 5) is 22.2. The SMILES string of the molecule is CN(C(=O)OC(C)(C)C)[C@@H]1CCN(S(=O)(=O)c2cccc3cncc(Cl)c23)C1.CN[C@@H]1CCN(S(=O)(=O)c2cccc3cncc(Cl)c23)C1. The van der Waals surface area contributed by atoms with Crippen molar-refractivity contribution in [2.75, 3.05) is 40.3 Å². The zero-order valence-corrected chi connectivity index (χ0v) is 31.1. The van der Waals surface area contributed by atoms with E-state index in [1.807, 2.05) is 13.1 Å². The molecular formula is C33H40Cl2N6O6S2. The molecule has 4 heterocycles. The van der Waals surface area contributed by atoms with Gasteiger partial charge in [-0.15, -0.1) is 0 Å². The van der Waals surface area contributed by atoms with Gasteiger partial charge in [0.15, 0.2) is 0 Å². The molecule has 2 aliphatic rings. The van der Waals surface area contributed by atoms with E-state index in [9.17, 15) is 21.6 Å². The van der Waals surface area contributed by atoms with Crippen molar-refractivity contribution in [2.45, 2.75) is 61.1 Å². The van der Waals surface area contributed by atoms with Crippen molar-refractivity contribution in [3.8, 4) is 0 Å². The van der Waals surface area contributed by atoms with E-state index in [-0.39, 0.29) is 28.4 Å². The molecule has 2 saturated heterocycles. The van der Waals surface area contributed by atoms with Crippen LogP contribution in [-0.2, 0) is 24.8 Å². The minimum absolute atomic E-state index is 0.151. The maximum Gasteiger partial charge on any atom is 0.410 e. The van der Waals surface area contributed by atoms with Crippen LogP contribution in [-0.4, -0.2) is 104 Å². The van der Waals surface area contributed by atoms with Crippen LogP contribution in [0.3, 0.4) is 0 Å². The molecule has 264 valence electrons. The summed E-state index contributed by atoms with van der Waals surface area (Å²) in [5.41, 5.74) is -0.608. The number of sulfonamides is 2. The molecule has 2 atom stereocenters. The van der Waals surface area contributed by atoms with Gasteiger partial charge in [-0.05, 0) is 52.8 Å². The fourth-order valence-electron chi connectivity index (χ4n) is 5.94. The molecule has 1 N–H and O–H groups in total. The number of halogens is 2. The number of carbonyl (C=O) groups excluding carboxylic acids is 1. The van der Waals surface area contributed by atoms with E-state index in [1.54, 1.807) is 70.5 Å². The first kappa shape index (κ1) is 37.2. The lowest BCUT2D eigenvalue weighted by molar-refractivity contribution is 0.0232. The smallest absolute Gasteiger partial charge is 0.410 e. The Morgan fingerprint density at radius 1 is 0.837 bits per heavy atom. The molecule has 1 amide bonds. The van der Waals surface area contributed by atoms with Gasteiger partial charge in [0.1, 0.15) is 5.60 Å². The third kappa shape index (κ3) is 7.95. The van der Waals surface area contributed by atoms with E-state index in [2.05, 4.69) is 15.3 Å². The van der Waals surface area contributed by atoms with Crippen molar-refractivity contribution in [3.63, 3.8) is 0 Å². The van der Waals surface area contributed by atoms with Crippen LogP contribution in [0.1, 0.15) is 33.6 Å². The van der Waals surface area contributed by atoms with Gasteiger partial charge in [0, 0.05) is 91.6 Å². The third-order valence-corrected chi connectivity index (χ3v) is 12.9. The molecule has 12 nitrogen and oxygen atoms in total. The summed E-state index contributed by atoms with van der Waals surface area (Å²) >= 11 is 12.4. The van der Waals surface area contributed by atoms with E-state index in [0.717, 1.165) is 11.8 Å². The third-order valence-electron chi connectivity index (χ3n) is 8.55. The number of carbonyl (C=O) groups is 1. The lowest BCUT2D eigenvalue weighted by Crippen LogP contribution is -2.42. The summed E-state index contributed by atoms with van der Waals surface area (Å²) in [7, 11) is -3.84. The monoisotopic (exact) mass is 750 g/mol. The number of rotatable bonds is 6. The van der Waals surface area contributed by atoms with Gasteiger partial charge < -0.3 is 15.0 Å². The Balaban J connectivity index is 0.000000199. The Morgan fingerprint density at radius 2 is 1.33 bits per heavy atom. The van der Waals surface area contributed by atoms with Gasteiger partial charge in [0.05, 0.1) is 19.8 Å². The van der Waals surface area contributed by atoms with E-state index in [4.69, 9.17) is 27.9 Å². The summed E-state index contributed by atoms with van der Waals surface area (Å²) in [5.74, 6) is 0. The molecule has 49 heavy (non-hydrogen) atoms. The first-order chi connectivity index (χ1) is 23.0. The predicted molar refractivity (Wildman–Crippen MR) is 191 cm³/mol. The van der Waals surface area contributed by atoms with Crippen LogP contribution in [0.5, 0.6) is 0 Å². The average Bonchev–Trinajstić information content (AvgIpc) is 3.75. The number of aromatic nitrogens is 2. The number of hydrogen-bond acceptors (Lipinski definition) is 9. The molecule has 2 fully saturated rings. The summed E-state index contributed by atoms with van der Waals surface area (Å²) in [5, 5.41) is 6.17. The number of benzene rings is 2. The maximum absolute atomic E-state index is 13.3. The van der Waals surface area contributed by atoms with Crippen molar-refractivity contribution >= 4 is 70.9 Å². The van der Waals surface area contributed by atoms with E-state index < -0.39 is 31.7 Å². The molecule has 0 radical (unpaired) electrons. The number of likely N-dealkylation sites (N-methyl/N-ethyl adjacent to an activating group) is 2. The molecule has 0 unspecified atom stereocenters. The normalized spacial score (nSPS) is 19.2. The predicted octanol–water partition coefficient (Wildman–Crippen LogP) is 5.39. The van der Waals surface area contributed by atoms with Crippen LogP contribution in [0.15, 0.2) is 71.0 Å². The van der Waals surface area contributed by atoms with Crippen LogP contribution in [0, 0.1) is 0 Å². The Bertz CT molecular complexity index is 2070. The molecule has 2 aliphatic heterocycles. The summed E-state index contributed by atoms with van der Waals surface area (Å²) < 4.78 is 60.6. The number of amides is 1. The number of ether oxygens (including phenoxy) is 1. The first-order valence-corrected chi connectivity index (χ1v) is 19.4. The topological polar surface area (TPSA) is 142 Å². The summed E-state index contributed by atoms with van der Waals surface area (Å²) in [6.45, 7) is 6.91. The fourth-order valence-corrected chi connectivity index (χ4v) is 10.0. The van der Waals surface area contributed by atoms with Gasteiger partial charge in [-0.1, -0.05) is 47.5 Å². The largest absolute Gasteiger partial charge is 0.444 e. The number of pyridine rings is 2. The molecule has 6 rings (SSSR count). The number of hydrogen-bond donors (Lipinski definition) is 1. The van der Waals surface area contributed by atoms with Crippen LogP contribution >= 0.6 is 23.2 Å². The van der Waals surface area contributed by atoms with E-state index in [0.29, 0.717) is 52.3 Å². The zero-order chi connectivity index (χ0) is 35.7. The molecule has 0 spiro atoms. The van der Waals surface area contributed by atoms with Gasteiger partial charge >= 0.3 is 6.09 Å². The second kappa shape index (κ2) is 14.6. The van der Waals surface area contributed by atoms with Crippen LogP contribution in [0.25, 0.3) is 21.5 Å². The van der Waals surface area contributed by atoms with Crippen LogP contribution in [0.4, 0.5) is 4.79 Å². The molecule has 2 aromatic carbocycles. The molecule has 0 bridgehead atoms. The van der Waals surface area contributed by atoms with Crippen molar-refractivity contribution < 1.29 is 26.4 Å². The van der Waals surface area contributed by atoms with E-state index >= 15 is 0 Å². The molecule has 4 aromatic rings. The lowest BCUT2D eigenvalue weighted by atomic mass is 10.2. The highest BCUT2D eigenvalue weighted by molar-refractivity contribution is 7.89. The highest BCUT2D eigenvalue weighted by Crippen LogP contribution is 2.34. The fraction of sp³-hybridized carbons (Fsp3) is 0.424. The molecular weight excluding hydrogens is 711 g/mol. The second-order valence-corrected chi connectivity index (χ2v) is 17.6. The minimum atomic E-state index is -3.77. The molecule has 0 aliphatic carbocycles. The molecule has 0 saturated carbocycles. The van der Waals surface area contributed by atoms with Crippen LogP contribution < -0.4 is 5.32 Å². The van der Waals surface area contributed by atoms with Gasteiger partial charge in [-0.2, -0.15) is 8.61 Å². The van der Waals surface area contributed by atoms with Gasteiger partial charge in [-0.25, -0.2) is 21.6 Å².